The van der Waals surface area contributed by atoms with Crippen LogP contribution in [-0.4, -0.2) is 56.0 Å². The topological polar surface area (TPSA) is 6.48 Å². The Labute approximate surface area is 88.8 Å². The van der Waals surface area contributed by atoms with Crippen LogP contribution in [0.5, 0.6) is 0 Å². The normalized spacial score (nSPS) is 25.5. The van der Waals surface area contributed by atoms with E-state index in [-0.39, 0.29) is 6.54 Å². The van der Waals surface area contributed by atoms with E-state index < -0.39 is 12.4 Å². The second kappa shape index (κ2) is 4.57. The van der Waals surface area contributed by atoms with Crippen molar-refractivity contribution in [2.24, 2.45) is 0 Å². The largest absolute Gasteiger partial charge is 0.506 e. The molecule has 0 spiro atoms. The molecule has 2 nitrogen and oxygen atoms in total. The molecule has 0 N–H and O–H groups in total. The van der Waals surface area contributed by atoms with E-state index >= 15 is 0 Å². The van der Waals surface area contributed by atoms with Gasteiger partial charge in [0.15, 0.2) is 0 Å². The van der Waals surface area contributed by atoms with Crippen molar-refractivity contribution in [1.82, 2.24) is 9.80 Å². The molecule has 1 fully saturated rings. The van der Waals surface area contributed by atoms with Crippen LogP contribution in [0.25, 0.3) is 0 Å². The Balaban J connectivity index is 2.44. The molecule has 0 aromatic carbocycles. The van der Waals surface area contributed by atoms with Crippen LogP contribution in [0.1, 0.15) is 6.92 Å². The van der Waals surface area contributed by atoms with Crippen molar-refractivity contribution >= 4 is 6.98 Å². The molecule has 6 heteroatoms. The second-order valence-electron chi connectivity index (χ2n) is 4.30. The molecule has 88 valence electrons. The van der Waals surface area contributed by atoms with E-state index in [1.54, 1.807) is 0 Å². The van der Waals surface area contributed by atoms with Gasteiger partial charge in [-0.25, -0.2) is 0 Å². The Bertz CT molecular complexity index is 242. The summed E-state index contributed by atoms with van der Waals surface area (Å²) in [5.74, 6) is 0. The van der Waals surface area contributed by atoms with Gasteiger partial charge in [-0.15, -0.1) is 12.1 Å². The maximum Gasteiger partial charge on any atom is 0.506 e. The quantitative estimate of drug-likeness (QED) is 0.667. The number of piperazine rings is 1. The number of rotatable bonds is 3. The molecule has 1 aliphatic heterocycles. The summed E-state index contributed by atoms with van der Waals surface area (Å²) in [5.41, 5.74) is -0.591. The summed E-state index contributed by atoms with van der Waals surface area (Å²) in [7, 11) is 1.99. The van der Waals surface area contributed by atoms with Gasteiger partial charge in [0.05, 0.1) is 0 Å². The molecule has 1 rings (SSSR count). The number of halogens is 3. The fourth-order valence-electron chi connectivity index (χ4n) is 1.66. The molecule has 1 heterocycles. The predicted molar refractivity (Wildman–Crippen MR) is 56.8 cm³/mol. The van der Waals surface area contributed by atoms with Crippen molar-refractivity contribution in [3.63, 3.8) is 0 Å². The average Bonchev–Trinajstić information content (AvgIpc) is 2.10. The molecular formula is C9H17BF3N2-. The van der Waals surface area contributed by atoms with E-state index in [2.05, 4.69) is 11.5 Å². The SMILES string of the molecule is C=C(CN1CCN(C)C(C)C1)[B-](F)(F)F. The molecule has 0 aliphatic carbocycles. The van der Waals surface area contributed by atoms with Gasteiger partial charge in [-0.05, 0) is 20.5 Å². The van der Waals surface area contributed by atoms with Crippen molar-refractivity contribution < 1.29 is 12.9 Å². The van der Waals surface area contributed by atoms with E-state index in [0.29, 0.717) is 19.1 Å². The fourth-order valence-corrected chi connectivity index (χ4v) is 1.66. The highest BCUT2D eigenvalue weighted by Gasteiger charge is 2.29. The first-order chi connectivity index (χ1) is 6.80. The Kier molecular flexibility index (Phi) is 3.84. The molecule has 1 aliphatic rings. The molecule has 1 saturated heterocycles. The molecular weight excluding hydrogens is 204 g/mol. The summed E-state index contributed by atoms with van der Waals surface area (Å²) in [5, 5.41) is 0. The maximum absolute atomic E-state index is 12.3. The van der Waals surface area contributed by atoms with Gasteiger partial charge in [0.2, 0.25) is 0 Å². The summed E-state index contributed by atoms with van der Waals surface area (Å²) in [6.45, 7) is 2.40. The first-order valence-corrected chi connectivity index (χ1v) is 5.11. The Hall–Kier alpha value is -0.485. The first-order valence-electron chi connectivity index (χ1n) is 5.11. The minimum atomic E-state index is -4.88. The highest BCUT2D eigenvalue weighted by atomic mass is 19.4. The van der Waals surface area contributed by atoms with Crippen molar-refractivity contribution in [3.8, 4) is 0 Å². The van der Waals surface area contributed by atoms with Gasteiger partial charge >= 0.3 is 6.98 Å². The van der Waals surface area contributed by atoms with Crippen molar-refractivity contribution in [1.29, 1.82) is 0 Å². The van der Waals surface area contributed by atoms with Crippen LogP contribution in [0, 0.1) is 0 Å². The molecule has 0 aromatic heterocycles. The van der Waals surface area contributed by atoms with Crippen LogP contribution >= 0.6 is 0 Å². The zero-order valence-electron chi connectivity index (χ0n) is 9.22. The summed E-state index contributed by atoms with van der Waals surface area (Å²) < 4.78 is 36.9. The van der Waals surface area contributed by atoms with Gasteiger partial charge in [-0.2, -0.15) is 0 Å². The van der Waals surface area contributed by atoms with Crippen LogP contribution in [0.4, 0.5) is 12.9 Å². The van der Waals surface area contributed by atoms with E-state index in [1.165, 1.54) is 0 Å². The van der Waals surface area contributed by atoms with Gasteiger partial charge in [-0.1, -0.05) is 0 Å². The van der Waals surface area contributed by atoms with E-state index in [1.807, 2.05) is 18.9 Å². The van der Waals surface area contributed by atoms with E-state index in [0.717, 1.165) is 6.54 Å². The zero-order valence-corrected chi connectivity index (χ0v) is 9.22. The van der Waals surface area contributed by atoms with Crippen LogP contribution < -0.4 is 0 Å². The van der Waals surface area contributed by atoms with Gasteiger partial charge in [0.1, 0.15) is 0 Å². The molecule has 0 radical (unpaired) electrons. The zero-order chi connectivity index (χ0) is 11.6. The predicted octanol–water partition coefficient (Wildman–Crippen LogP) is 1.57. The van der Waals surface area contributed by atoms with E-state index in [4.69, 9.17) is 0 Å². The first kappa shape index (κ1) is 12.6. The smallest absolute Gasteiger partial charge is 0.445 e. The minimum absolute atomic E-state index is 0.0400. The number of hydrogen-bond acceptors (Lipinski definition) is 2. The maximum atomic E-state index is 12.3. The van der Waals surface area contributed by atoms with E-state index in [9.17, 15) is 12.9 Å². The third-order valence-electron chi connectivity index (χ3n) is 2.93. The summed E-state index contributed by atoms with van der Waals surface area (Å²) in [4.78, 5) is 3.97. The molecule has 1 unspecified atom stereocenters. The third kappa shape index (κ3) is 3.54. The third-order valence-corrected chi connectivity index (χ3v) is 2.93. The lowest BCUT2D eigenvalue weighted by Crippen LogP contribution is -2.51. The highest BCUT2D eigenvalue weighted by Crippen LogP contribution is 2.20. The van der Waals surface area contributed by atoms with Gasteiger partial charge in [0.25, 0.3) is 0 Å². The lowest BCUT2D eigenvalue weighted by molar-refractivity contribution is 0.113. The fraction of sp³-hybridized carbons (Fsp3) is 0.778. The second-order valence-corrected chi connectivity index (χ2v) is 4.30. The minimum Gasteiger partial charge on any atom is -0.445 e. The molecule has 0 amide bonds. The number of likely N-dealkylation sites (N-methyl/N-ethyl adjacent to an activating group) is 1. The summed E-state index contributed by atoms with van der Waals surface area (Å²) in [6, 6.07) is 0.312. The van der Waals surface area contributed by atoms with Crippen LogP contribution in [0.15, 0.2) is 12.1 Å². The lowest BCUT2D eigenvalue weighted by atomic mass is 9.80. The highest BCUT2D eigenvalue weighted by molar-refractivity contribution is 6.66. The summed E-state index contributed by atoms with van der Waals surface area (Å²) in [6.07, 6.45) is 0. The lowest BCUT2D eigenvalue weighted by Gasteiger charge is -2.39. The molecule has 0 saturated carbocycles. The average molecular weight is 221 g/mol. The monoisotopic (exact) mass is 221 g/mol. The Morgan fingerprint density at radius 2 is 2.00 bits per heavy atom. The van der Waals surface area contributed by atoms with Gasteiger partial charge in [0, 0.05) is 25.7 Å². The Morgan fingerprint density at radius 3 is 2.47 bits per heavy atom. The van der Waals surface area contributed by atoms with Gasteiger partial charge in [-0.3, -0.25) is 4.90 Å². The van der Waals surface area contributed by atoms with Crippen LogP contribution in [0.2, 0.25) is 0 Å². The van der Waals surface area contributed by atoms with Gasteiger partial charge < -0.3 is 17.8 Å². The standard InChI is InChI=1S/C9H17BF3N2/c1-8(10(11,12)13)6-15-5-4-14(3)9(2)7-15/h9H,1,4-7H2,2-3H3/q-1. The number of hydrogen-bond donors (Lipinski definition) is 0. The molecule has 1 atom stereocenters. The van der Waals surface area contributed by atoms with Crippen molar-refractivity contribution in [3.05, 3.63) is 12.1 Å². The number of nitrogens with zero attached hydrogens (tertiary/aromatic N) is 2. The Morgan fingerprint density at radius 1 is 1.40 bits per heavy atom. The van der Waals surface area contributed by atoms with Crippen LogP contribution in [0.3, 0.4) is 0 Å². The summed E-state index contributed by atoms with van der Waals surface area (Å²) >= 11 is 0. The van der Waals surface area contributed by atoms with Crippen LogP contribution in [-0.2, 0) is 0 Å². The molecule has 15 heavy (non-hydrogen) atoms. The molecule has 0 aromatic rings. The van der Waals surface area contributed by atoms with Crippen molar-refractivity contribution in [2.75, 3.05) is 33.2 Å². The molecule has 0 bridgehead atoms. The van der Waals surface area contributed by atoms with Crippen molar-refractivity contribution in [2.45, 2.75) is 13.0 Å².